The SMILES string of the molecule is C=C[C@H]1CCC2C3C(CC[C@@]21C)[C@@]1(C)CC[C@@H](O[Si](C)(C)C(C)(C)C)CC1[C@H]1OC(C)(C)O[C@H]31. The first-order chi connectivity index (χ1) is 15.6. The molecule has 1 heterocycles. The van der Waals surface area contributed by atoms with Crippen molar-refractivity contribution in [2.75, 3.05) is 0 Å². The third-order valence-electron chi connectivity index (χ3n) is 12.1. The lowest BCUT2D eigenvalue weighted by Gasteiger charge is -2.63. The predicted molar refractivity (Wildman–Crippen MR) is 142 cm³/mol. The molecule has 5 aliphatic rings. The molecule has 5 fully saturated rings. The Morgan fingerprint density at radius 1 is 0.853 bits per heavy atom. The monoisotopic (exact) mass is 488 g/mol. The summed E-state index contributed by atoms with van der Waals surface area (Å²) in [6, 6.07) is 0. The van der Waals surface area contributed by atoms with E-state index in [4.69, 9.17) is 13.9 Å². The molecule has 1 saturated heterocycles. The van der Waals surface area contributed by atoms with Gasteiger partial charge in [0.05, 0.1) is 12.2 Å². The number of ether oxygens (including phenoxy) is 2. The normalized spacial score (nSPS) is 50.1. The predicted octanol–water partition coefficient (Wildman–Crippen LogP) is 7.96. The summed E-state index contributed by atoms with van der Waals surface area (Å²) in [7, 11) is -1.79. The van der Waals surface area contributed by atoms with Gasteiger partial charge >= 0.3 is 0 Å². The van der Waals surface area contributed by atoms with Crippen molar-refractivity contribution in [3.63, 3.8) is 0 Å². The molecule has 5 rings (SSSR count). The molecule has 0 aromatic carbocycles. The average molecular weight is 489 g/mol. The zero-order valence-corrected chi connectivity index (χ0v) is 24.6. The molecule has 0 N–H and O–H groups in total. The van der Waals surface area contributed by atoms with Gasteiger partial charge < -0.3 is 13.9 Å². The Balaban J connectivity index is 1.47. The van der Waals surface area contributed by atoms with E-state index in [0.29, 0.717) is 34.7 Å². The van der Waals surface area contributed by atoms with Crippen LogP contribution in [0.2, 0.25) is 18.1 Å². The lowest BCUT2D eigenvalue weighted by atomic mass is 9.43. The second kappa shape index (κ2) is 7.92. The van der Waals surface area contributed by atoms with Gasteiger partial charge in [-0.2, -0.15) is 0 Å². The molecule has 4 heteroatoms. The van der Waals surface area contributed by atoms with Gasteiger partial charge in [0.1, 0.15) is 0 Å². The molecule has 0 aromatic heterocycles. The summed E-state index contributed by atoms with van der Waals surface area (Å²) in [6.45, 7) is 25.6. The molecular formula is C30H52O3Si. The Kier molecular flexibility index (Phi) is 5.93. The van der Waals surface area contributed by atoms with E-state index in [1.54, 1.807) is 0 Å². The molecule has 34 heavy (non-hydrogen) atoms. The Bertz CT molecular complexity index is 814. The summed E-state index contributed by atoms with van der Waals surface area (Å²) in [5.41, 5.74) is 0.714. The first-order valence-corrected chi connectivity index (χ1v) is 17.2. The number of hydrogen-bond acceptors (Lipinski definition) is 3. The van der Waals surface area contributed by atoms with Crippen LogP contribution in [0.3, 0.4) is 0 Å². The van der Waals surface area contributed by atoms with Gasteiger partial charge in [-0.1, -0.05) is 40.7 Å². The van der Waals surface area contributed by atoms with E-state index in [2.05, 4.69) is 74.2 Å². The highest BCUT2D eigenvalue weighted by molar-refractivity contribution is 6.74. The smallest absolute Gasteiger partial charge is 0.192 e. The Morgan fingerprint density at radius 3 is 2.12 bits per heavy atom. The van der Waals surface area contributed by atoms with Gasteiger partial charge in [0, 0.05) is 6.10 Å². The summed E-state index contributed by atoms with van der Waals surface area (Å²) < 4.78 is 20.7. The van der Waals surface area contributed by atoms with Crippen molar-refractivity contribution < 1.29 is 13.9 Å². The van der Waals surface area contributed by atoms with Gasteiger partial charge in [0.25, 0.3) is 0 Å². The first kappa shape index (κ1) is 25.5. The van der Waals surface area contributed by atoms with Crippen LogP contribution in [0.4, 0.5) is 0 Å². The fourth-order valence-electron chi connectivity index (χ4n) is 9.27. The number of hydrogen-bond donors (Lipinski definition) is 0. The maximum Gasteiger partial charge on any atom is 0.192 e. The van der Waals surface area contributed by atoms with E-state index in [1.807, 2.05) is 0 Å². The van der Waals surface area contributed by atoms with E-state index in [-0.39, 0.29) is 17.2 Å². The minimum atomic E-state index is -1.79. The minimum absolute atomic E-state index is 0.206. The highest BCUT2D eigenvalue weighted by Gasteiger charge is 2.68. The zero-order valence-electron chi connectivity index (χ0n) is 23.6. The molecule has 1 aliphatic heterocycles. The summed E-state index contributed by atoms with van der Waals surface area (Å²) in [5.74, 6) is 2.80. The molecule has 4 aliphatic carbocycles. The Labute approximate surface area is 210 Å². The van der Waals surface area contributed by atoms with Crippen LogP contribution in [0.25, 0.3) is 0 Å². The topological polar surface area (TPSA) is 27.7 Å². The van der Waals surface area contributed by atoms with Crippen molar-refractivity contribution in [3.8, 4) is 0 Å². The van der Waals surface area contributed by atoms with Crippen molar-refractivity contribution in [2.45, 2.75) is 136 Å². The lowest BCUT2D eigenvalue weighted by Crippen LogP contribution is -2.63. The third-order valence-corrected chi connectivity index (χ3v) is 16.6. The average Bonchev–Trinajstić information content (AvgIpc) is 3.22. The Hall–Kier alpha value is -0.163. The molecule has 0 bridgehead atoms. The quantitative estimate of drug-likeness (QED) is 0.298. The van der Waals surface area contributed by atoms with Gasteiger partial charge in [0.2, 0.25) is 0 Å². The van der Waals surface area contributed by atoms with E-state index < -0.39 is 14.1 Å². The first-order valence-electron chi connectivity index (χ1n) is 14.3. The second-order valence-electron chi connectivity index (χ2n) is 15.2. The minimum Gasteiger partial charge on any atom is -0.414 e. The lowest BCUT2D eigenvalue weighted by molar-refractivity contribution is -0.186. The Morgan fingerprint density at radius 2 is 1.47 bits per heavy atom. The molecule has 10 atom stereocenters. The molecule has 0 radical (unpaired) electrons. The van der Waals surface area contributed by atoms with Gasteiger partial charge in [0.15, 0.2) is 14.1 Å². The van der Waals surface area contributed by atoms with E-state index >= 15 is 0 Å². The molecule has 4 unspecified atom stereocenters. The number of fused-ring (bicyclic) bond motifs is 8. The molecule has 4 saturated carbocycles. The van der Waals surface area contributed by atoms with Gasteiger partial charge in [-0.15, -0.1) is 6.58 Å². The molecule has 3 nitrogen and oxygen atoms in total. The summed E-state index contributed by atoms with van der Waals surface area (Å²) >= 11 is 0. The van der Waals surface area contributed by atoms with Gasteiger partial charge in [-0.05, 0) is 117 Å². The fraction of sp³-hybridized carbons (Fsp3) is 0.933. The van der Waals surface area contributed by atoms with Gasteiger partial charge in [-0.3, -0.25) is 0 Å². The van der Waals surface area contributed by atoms with Crippen LogP contribution in [0.15, 0.2) is 12.7 Å². The highest BCUT2D eigenvalue weighted by Crippen LogP contribution is 2.69. The number of allylic oxidation sites excluding steroid dienone is 1. The van der Waals surface area contributed by atoms with Crippen LogP contribution in [0, 0.1) is 40.4 Å². The fourth-order valence-corrected chi connectivity index (χ4v) is 10.7. The van der Waals surface area contributed by atoms with Crippen LogP contribution in [-0.4, -0.2) is 32.4 Å². The van der Waals surface area contributed by atoms with E-state index in [9.17, 15) is 0 Å². The summed E-state index contributed by atoms with van der Waals surface area (Å²) in [4.78, 5) is 0. The molecular weight excluding hydrogens is 436 g/mol. The van der Waals surface area contributed by atoms with Crippen molar-refractivity contribution >= 4 is 8.32 Å². The van der Waals surface area contributed by atoms with Crippen molar-refractivity contribution in [2.24, 2.45) is 40.4 Å². The van der Waals surface area contributed by atoms with Crippen LogP contribution < -0.4 is 0 Å². The largest absolute Gasteiger partial charge is 0.414 e. The van der Waals surface area contributed by atoms with E-state index in [0.717, 1.165) is 18.3 Å². The van der Waals surface area contributed by atoms with Crippen LogP contribution in [0.5, 0.6) is 0 Å². The summed E-state index contributed by atoms with van der Waals surface area (Å²) in [5, 5.41) is 0.251. The standard InChI is InChI=1S/C30H52O3Si/c1-11-19-12-13-21-24-22(15-17-29(19,21)7)30(8)16-14-20(33-34(9,10)27(2,3)4)18-23(30)25-26(24)32-28(5,6)31-25/h11,19-26H,1,12-18H2,2-10H3/t19-,20+,21?,22?,23?,24?,25+,26+,29+,30+/m0/s1. The molecule has 194 valence electrons. The van der Waals surface area contributed by atoms with Crippen molar-refractivity contribution in [1.82, 2.24) is 0 Å². The molecule has 0 aromatic rings. The second-order valence-corrected chi connectivity index (χ2v) is 20.0. The molecule has 0 amide bonds. The zero-order chi connectivity index (χ0) is 24.9. The molecule has 0 spiro atoms. The van der Waals surface area contributed by atoms with Crippen molar-refractivity contribution in [3.05, 3.63) is 12.7 Å². The third kappa shape index (κ3) is 3.67. The van der Waals surface area contributed by atoms with Crippen molar-refractivity contribution in [1.29, 1.82) is 0 Å². The maximum atomic E-state index is 7.02. The highest BCUT2D eigenvalue weighted by atomic mass is 28.4. The summed E-state index contributed by atoms with van der Waals surface area (Å²) in [6.07, 6.45) is 12.0. The van der Waals surface area contributed by atoms with Crippen LogP contribution in [-0.2, 0) is 13.9 Å². The number of rotatable bonds is 3. The van der Waals surface area contributed by atoms with E-state index in [1.165, 1.54) is 38.5 Å². The van der Waals surface area contributed by atoms with Gasteiger partial charge in [-0.25, -0.2) is 0 Å². The van der Waals surface area contributed by atoms with Crippen LogP contribution >= 0.6 is 0 Å². The maximum absolute atomic E-state index is 7.02. The van der Waals surface area contributed by atoms with Crippen LogP contribution in [0.1, 0.15) is 93.4 Å².